The van der Waals surface area contributed by atoms with Crippen LogP contribution in [0.5, 0.6) is 0 Å². The van der Waals surface area contributed by atoms with Crippen molar-refractivity contribution < 1.29 is 14.7 Å². The number of urea groups is 1. The van der Waals surface area contributed by atoms with Crippen LogP contribution in [0, 0.1) is 6.92 Å². The summed E-state index contributed by atoms with van der Waals surface area (Å²) in [4.78, 5) is 26.8. The molecule has 2 amide bonds. The number of aryl methyl sites for hydroxylation is 1. The van der Waals surface area contributed by atoms with Crippen LogP contribution >= 0.6 is 23.1 Å². The topological polar surface area (TPSA) is 104 Å². The molecule has 0 unspecified atom stereocenters. The number of nitrogens with one attached hydrogen (secondary N) is 2. The molecular formula is C11H9ClN4O3S. The molecule has 0 radical (unpaired) electrons. The molecule has 0 atom stereocenters. The molecule has 1 aromatic heterocycles. The minimum absolute atomic E-state index is 0.0574. The summed E-state index contributed by atoms with van der Waals surface area (Å²) in [5.41, 5.74) is 0.0433. The largest absolute Gasteiger partial charge is 0.478 e. The zero-order chi connectivity index (χ0) is 14.7. The molecule has 3 N–H and O–H groups in total. The van der Waals surface area contributed by atoms with E-state index in [9.17, 15) is 9.59 Å². The molecule has 0 saturated carbocycles. The molecule has 2 rings (SSSR count). The van der Waals surface area contributed by atoms with Gasteiger partial charge in [0, 0.05) is 16.6 Å². The van der Waals surface area contributed by atoms with Crippen molar-refractivity contribution in [1.29, 1.82) is 0 Å². The van der Waals surface area contributed by atoms with Gasteiger partial charge in [-0.2, -0.15) is 4.37 Å². The van der Waals surface area contributed by atoms with Gasteiger partial charge in [0.25, 0.3) is 0 Å². The number of anilines is 2. The maximum absolute atomic E-state index is 11.8. The lowest BCUT2D eigenvalue weighted by Gasteiger charge is -2.08. The SMILES string of the molecule is Cc1nsc(NC(=O)Nc2cc(Cl)ccc2C(=O)O)n1. The number of rotatable bonds is 3. The van der Waals surface area contributed by atoms with Crippen molar-refractivity contribution in [1.82, 2.24) is 9.36 Å². The lowest BCUT2D eigenvalue weighted by molar-refractivity contribution is 0.0698. The monoisotopic (exact) mass is 312 g/mol. The summed E-state index contributed by atoms with van der Waals surface area (Å²) >= 11 is 6.81. The van der Waals surface area contributed by atoms with E-state index in [2.05, 4.69) is 20.0 Å². The van der Waals surface area contributed by atoms with Crippen LogP contribution < -0.4 is 10.6 Å². The Morgan fingerprint density at radius 2 is 2.10 bits per heavy atom. The molecule has 0 aliphatic heterocycles. The number of aromatic nitrogens is 2. The van der Waals surface area contributed by atoms with Crippen molar-refractivity contribution >= 4 is 46.0 Å². The second-order valence-electron chi connectivity index (χ2n) is 3.72. The van der Waals surface area contributed by atoms with Gasteiger partial charge in [-0.3, -0.25) is 5.32 Å². The Labute approximate surface area is 122 Å². The van der Waals surface area contributed by atoms with E-state index in [0.717, 1.165) is 11.5 Å². The minimum atomic E-state index is -1.16. The molecule has 104 valence electrons. The van der Waals surface area contributed by atoms with E-state index < -0.39 is 12.0 Å². The van der Waals surface area contributed by atoms with Crippen LogP contribution in [0.2, 0.25) is 5.02 Å². The number of carboxylic acid groups (broad SMARTS) is 1. The predicted octanol–water partition coefficient (Wildman–Crippen LogP) is 2.84. The Bertz CT molecular complexity index is 673. The maximum atomic E-state index is 11.8. The number of halogens is 1. The first-order valence-corrected chi connectivity index (χ1v) is 6.52. The lowest BCUT2D eigenvalue weighted by atomic mass is 10.2. The summed E-state index contributed by atoms with van der Waals surface area (Å²) in [5.74, 6) is -0.622. The molecule has 7 nitrogen and oxygen atoms in total. The van der Waals surface area contributed by atoms with Gasteiger partial charge >= 0.3 is 12.0 Å². The minimum Gasteiger partial charge on any atom is -0.478 e. The zero-order valence-corrected chi connectivity index (χ0v) is 11.7. The quantitative estimate of drug-likeness (QED) is 0.808. The van der Waals surface area contributed by atoms with E-state index in [-0.39, 0.29) is 11.3 Å². The summed E-state index contributed by atoms with van der Waals surface area (Å²) in [6, 6.07) is 3.49. The lowest BCUT2D eigenvalue weighted by Crippen LogP contribution is -2.21. The average molecular weight is 313 g/mol. The summed E-state index contributed by atoms with van der Waals surface area (Å²) in [6.07, 6.45) is 0. The Morgan fingerprint density at radius 1 is 1.35 bits per heavy atom. The average Bonchev–Trinajstić information content (AvgIpc) is 2.74. The van der Waals surface area contributed by atoms with Gasteiger partial charge < -0.3 is 10.4 Å². The second-order valence-corrected chi connectivity index (χ2v) is 4.91. The molecule has 0 fully saturated rings. The van der Waals surface area contributed by atoms with Gasteiger partial charge in [0.15, 0.2) is 0 Å². The molecule has 0 aliphatic carbocycles. The first-order chi connectivity index (χ1) is 9.45. The number of amides is 2. The van der Waals surface area contributed by atoms with E-state index >= 15 is 0 Å². The van der Waals surface area contributed by atoms with Gasteiger partial charge in [-0.25, -0.2) is 14.6 Å². The highest BCUT2D eigenvalue weighted by molar-refractivity contribution is 7.09. The smallest absolute Gasteiger partial charge is 0.337 e. The number of carboxylic acids is 1. The van der Waals surface area contributed by atoms with Gasteiger partial charge in [-0.1, -0.05) is 11.6 Å². The van der Waals surface area contributed by atoms with Crippen LogP contribution in [-0.4, -0.2) is 26.5 Å². The number of hydrogen-bond acceptors (Lipinski definition) is 5. The van der Waals surface area contributed by atoms with Crippen LogP contribution in [0.1, 0.15) is 16.2 Å². The van der Waals surface area contributed by atoms with Crippen LogP contribution in [0.3, 0.4) is 0 Å². The van der Waals surface area contributed by atoms with Crippen molar-refractivity contribution in [2.75, 3.05) is 10.6 Å². The second kappa shape index (κ2) is 5.85. The highest BCUT2D eigenvalue weighted by Gasteiger charge is 2.14. The van der Waals surface area contributed by atoms with Crippen molar-refractivity contribution in [3.63, 3.8) is 0 Å². The van der Waals surface area contributed by atoms with E-state index in [1.807, 2.05) is 0 Å². The number of hydrogen-bond donors (Lipinski definition) is 3. The number of aromatic carboxylic acids is 1. The van der Waals surface area contributed by atoms with Gasteiger partial charge in [0.05, 0.1) is 11.3 Å². The molecule has 0 bridgehead atoms. The fourth-order valence-corrected chi connectivity index (χ4v) is 2.15. The normalized spacial score (nSPS) is 10.1. The van der Waals surface area contributed by atoms with E-state index in [1.165, 1.54) is 18.2 Å². The Hall–Kier alpha value is -2.19. The molecule has 1 heterocycles. The van der Waals surface area contributed by atoms with E-state index in [1.54, 1.807) is 6.92 Å². The molecular weight excluding hydrogens is 304 g/mol. The summed E-state index contributed by atoms with van der Waals surface area (Å²) < 4.78 is 3.91. The standard InChI is InChI=1S/C11H9ClN4O3S/c1-5-13-11(20-16-5)15-10(19)14-8-4-6(12)2-3-7(8)9(17)18/h2-4H,1H3,(H,17,18)(H2,13,14,15,16,19). The van der Waals surface area contributed by atoms with Crippen LogP contribution in [-0.2, 0) is 0 Å². The Kier molecular flexibility index (Phi) is 4.16. The van der Waals surface area contributed by atoms with Gasteiger partial charge in [0.2, 0.25) is 5.13 Å². The summed E-state index contributed by atoms with van der Waals surface area (Å²) in [7, 11) is 0. The molecule has 2 aromatic rings. The molecule has 0 spiro atoms. The predicted molar refractivity (Wildman–Crippen MR) is 75.7 cm³/mol. The summed E-state index contributed by atoms with van der Waals surface area (Å²) in [6.45, 7) is 1.69. The Morgan fingerprint density at radius 3 is 2.70 bits per heavy atom. The number of carbonyl (C=O) groups excluding carboxylic acids is 1. The van der Waals surface area contributed by atoms with Crippen molar-refractivity contribution in [2.24, 2.45) is 0 Å². The molecule has 0 aliphatic rings. The van der Waals surface area contributed by atoms with Crippen molar-refractivity contribution in [3.8, 4) is 0 Å². The van der Waals surface area contributed by atoms with Gasteiger partial charge in [-0.05, 0) is 25.1 Å². The Balaban J connectivity index is 2.15. The maximum Gasteiger partial charge on any atom is 0.337 e. The third-order valence-electron chi connectivity index (χ3n) is 2.21. The van der Waals surface area contributed by atoms with E-state index in [0.29, 0.717) is 16.0 Å². The molecule has 1 aromatic carbocycles. The van der Waals surface area contributed by atoms with Crippen LogP contribution in [0.4, 0.5) is 15.6 Å². The van der Waals surface area contributed by atoms with Crippen LogP contribution in [0.25, 0.3) is 0 Å². The fourth-order valence-electron chi connectivity index (χ4n) is 1.40. The van der Waals surface area contributed by atoms with Crippen molar-refractivity contribution in [2.45, 2.75) is 6.92 Å². The summed E-state index contributed by atoms with van der Waals surface area (Å²) in [5, 5.41) is 14.5. The highest BCUT2D eigenvalue weighted by atomic mass is 35.5. The number of carbonyl (C=O) groups is 2. The third-order valence-corrected chi connectivity index (χ3v) is 3.17. The third kappa shape index (κ3) is 3.43. The molecule has 9 heteroatoms. The fraction of sp³-hybridized carbons (Fsp3) is 0.0909. The zero-order valence-electron chi connectivity index (χ0n) is 10.2. The van der Waals surface area contributed by atoms with Crippen molar-refractivity contribution in [3.05, 3.63) is 34.6 Å². The molecule has 0 saturated heterocycles. The van der Waals surface area contributed by atoms with Gasteiger partial charge in [-0.15, -0.1) is 0 Å². The molecule has 20 heavy (non-hydrogen) atoms. The van der Waals surface area contributed by atoms with Crippen LogP contribution in [0.15, 0.2) is 18.2 Å². The first kappa shape index (κ1) is 14.2. The number of benzene rings is 1. The van der Waals surface area contributed by atoms with Gasteiger partial charge in [0.1, 0.15) is 5.82 Å². The number of nitrogens with zero attached hydrogens (tertiary/aromatic N) is 2. The highest BCUT2D eigenvalue weighted by Crippen LogP contribution is 2.21. The first-order valence-electron chi connectivity index (χ1n) is 5.37. The van der Waals surface area contributed by atoms with E-state index in [4.69, 9.17) is 16.7 Å².